The molecule has 1 N–H and O–H groups in total. The van der Waals surface area contributed by atoms with Crippen LogP contribution in [0.5, 0.6) is 11.5 Å². The van der Waals surface area contributed by atoms with Crippen molar-refractivity contribution in [2.24, 2.45) is 0 Å². The molecule has 0 aliphatic carbocycles. The van der Waals surface area contributed by atoms with Crippen molar-refractivity contribution < 1.29 is 14.3 Å². The van der Waals surface area contributed by atoms with Gasteiger partial charge in [-0.05, 0) is 67.8 Å². The fourth-order valence-corrected chi connectivity index (χ4v) is 4.17. The normalized spacial score (nSPS) is 10.9. The van der Waals surface area contributed by atoms with Crippen molar-refractivity contribution in [3.63, 3.8) is 0 Å². The van der Waals surface area contributed by atoms with Crippen LogP contribution in [0.15, 0.2) is 72.8 Å². The van der Waals surface area contributed by atoms with Crippen LogP contribution in [0.2, 0.25) is 5.02 Å². The Labute approximate surface area is 217 Å². The third-order valence-electron chi connectivity index (χ3n) is 5.96. The molecule has 0 bridgehead atoms. The Kier molecular flexibility index (Phi) is 9.22. The van der Waals surface area contributed by atoms with Gasteiger partial charge in [0.05, 0.1) is 17.6 Å². The summed E-state index contributed by atoms with van der Waals surface area (Å²) in [4.78, 5) is 16.9. The van der Waals surface area contributed by atoms with Crippen LogP contribution in [0.4, 0.5) is 0 Å². The molecule has 3 aromatic carbocycles. The van der Waals surface area contributed by atoms with Gasteiger partial charge in [0, 0.05) is 18.0 Å². The van der Waals surface area contributed by atoms with E-state index in [1.165, 1.54) is 0 Å². The van der Waals surface area contributed by atoms with Crippen LogP contribution < -0.4 is 14.8 Å². The zero-order chi connectivity index (χ0) is 25.2. The molecule has 1 amide bonds. The van der Waals surface area contributed by atoms with E-state index in [4.69, 9.17) is 26.1 Å². The van der Waals surface area contributed by atoms with Crippen molar-refractivity contribution in [3.05, 3.63) is 89.2 Å². The van der Waals surface area contributed by atoms with E-state index in [-0.39, 0.29) is 12.5 Å². The van der Waals surface area contributed by atoms with Crippen LogP contribution in [0.25, 0.3) is 11.0 Å². The van der Waals surface area contributed by atoms with E-state index >= 15 is 0 Å². The van der Waals surface area contributed by atoms with Crippen molar-refractivity contribution in [2.45, 2.75) is 39.2 Å². The molecule has 0 saturated heterocycles. The maximum atomic E-state index is 12.0. The molecule has 0 unspecified atom stereocenters. The van der Waals surface area contributed by atoms with Crippen LogP contribution in [-0.4, -0.2) is 35.2 Å². The zero-order valence-corrected chi connectivity index (χ0v) is 21.3. The first-order valence-electron chi connectivity index (χ1n) is 12.4. The molecule has 1 heterocycles. The quantitative estimate of drug-likeness (QED) is 0.227. The molecular formula is C29H32ClN3O3. The lowest BCUT2D eigenvalue weighted by atomic mass is 10.2. The summed E-state index contributed by atoms with van der Waals surface area (Å²) >= 11 is 6.12. The van der Waals surface area contributed by atoms with Crippen molar-refractivity contribution >= 4 is 28.5 Å². The van der Waals surface area contributed by atoms with Crippen LogP contribution >= 0.6 is 11.6 Å². The summed E-state index contributed by atoms with van der Waals surface area (Å²) in [7, 11) is 0. The molecule has 4 rings (SSSR count). The van der Waals surface area contributed by atoms with Gasteiger partial charge in [0.25, 0.3) is 5.91 Å². The number of nitrogens with one attached hydrogen (secondary N) is 1. The first-order valence-corrected chi connectivity index (χ1v) is 12.8. The molecule has 188 valence electrons. The van der Waals surface area contributed by atoms with Crippen LogP contribution in [-0.2, 0) is 17.8 Å². The number of aromatic nitrogens is 2. The Morgan fingerprint density at radius 1 is 0.944 bits per heavy atom. The highest BCUT2D eigenvalue weighted by atomic mass is 35.5. The molecule has 0 spiro atoms. The molecule has 0 atom stereocenters. The van der Waals surface area contributed by atoms with E-state index in [0.29, 0.717) is 18.9 Å². The third kappa shape index (κ3) is 7.25. The summed E-state index contributed by atoms with van der Waals surface area (Å²) < 4.78 is 13.7. The number of hydrogen-bond acceptors (Lipinski definition) is 4. The van der Waals surface area contributed by atoms with Crippen molar-refractivity contribution in [1.29, 1.82) is 0 Å². The second-order valence-corrected chi connectivity index (χ2v) is 9.10. The minimum absolute atomic E-state index is 0.0334. The molecule has 0 aliphatic heterocycles. The minimum atomic E-state index is -0.100. The number of imidazole rings is 1. The number of nitrogens with zero attached hydrogens (tertiary/aromatic N) is 2. The SMILES string of the molecule is Cc1cc(OCCn2c(CCCCCNC(=O)COc3ccccc3)nc3ccccc32)ccc1Cl. The van der Waals surface area contributed by atoms with Gasteiger partial charge in [-0.15, -0.1) is 0 Å². The Bertz CT molecular complexity index is 1270. The van der Waals surface area contributed by atoms with Crippen LogP contribution in [0.1, 0.15) is 30.7 Å². The molecule has 0 aliphatic rings. The van der Waals surface area contributed by atoms with Crippen molar-refractivity contribution in [3.8, 4) is 11.5 Å². The highest BCUT2D eigenvalue weighted by molar-refractivity contribution is 6.31. The molecule has 0 fully saturated rings. The molecule has 0 saturated carbocycles. The number of fused-ring (bicyclic) bond motifs is 1. The van der Waals surface area contributed by atoms with Gasteiger partial charge in [-0.3, -0.25) is 4.79 Å². The largest absolute Gasteiger partial charge is 0.492 e. The van der Waals surface area contributed by atoms with E-state index < -0.39 is 0 Å². The Balaban J connectivity index is 1.22. The molecule has 0 radical (unpaired) electrons. The first kappa shape index (κ1) is 25.6. The summed E-state index contributed by atoms with van der Waals surface area (Å²) in [5, 5.41) is 3.67. The van der Waals surface area contributed by atoms with Gasteiger partial charge in [0.15, 0.2) is 6.61 Å². The number of halogens is 1. The van der Waals surface area contributed by atoms with E-state index in [9.17, 15) is 4.79 Å². The van der Waals surface area contributed by atoms with Gasteiger partial charge in [-0.25, -0.2) is 4.98 Å². The van der Waals surface area contributed by atoms with Crippen molar-refractivity contribution in [1.82, 2.24) is 14.9 Å². The van der Waals surface area contributed by atoms with Gasteiger partial charge in [-0.2, -0.15) is 0 Å². The molecule has 1 aromatic heterocycles. The monoisotopic (exact) mass is 505 g/mol. The van der Waals surface area contributed by atoms with Crippen LogP contribution in [0.3, 0.4) is 0 Å². The van der Waals surface area contributed by atoms with Gasteiger partial charge >= 0.3 is 0 Å². The molecule has 36 heavy (non-hydrogen) atoms. The maximum absolute atomic E-state index is 12.0. The second kappa shape index (κ2) is 13.0. The number of benzene rings is 3. The predicted molar refractivity (Wildman–Crippen MR) is 144 cm³/mol. The summed E-state index contributed by atoms with van der Waals surface area (Å²) in [6, 6.07) is 23.3. The highest BCUT2D eigenvalue weighted by Crippen LogP contribution is 2.22. The predicted octanol–water partition coefficient (Wildman–Crippen LogP) is 5.99. The molecule has 7 heteroatoms. The number of ether oxygens (including phenoxy) is 2. The summed E-state index contributed by atoms with van der Waals surface area (Å²) in [6.07, 6.45) is 3.79. The molecular weight excluding hydrogens is 474 g/mol. The lowest BCUT2D eigenvalue weighted by molar-refractivity contribution is -0.123. The first-order chi connectivity index (χ1) is 17.6. The average molecular weight is 506 g/mol. The van der Waals surface area contributed by atoms with E-state index in [2.05, 4.69) is 16.0 Å². The topological polar surface area (TPSA) is 65.4 Å². The lowest BCUT2D eigenvalue weighted by Crippen LogP contribution is -2.29. The second-order valence-electron chi connectivity index (χ2n) is 8.69. The summed E-state index contributed by atoms with van der Waals surface area (Å²) in [5.41, 5.74) is 3.12. The number of aryl methyl sites for hydroxylation is 2. The molecule has 4 aromatic rings. The highest BCUT2D eigenvalue weighted by Gasteiger charge is 2.11. The number of hydrogen-bond donors (Lipinski definition) is 1. The number of carbonyl (C=O) groups excluding carboxylic acids is 1. The number of carbonyl (C=O) groups is 1. The van der Waals surface area contributed by atoms with Gasteiger partial charge in [0.1, 0.15) is 23.9 Å². The Hall–Kier alpha value is -3.51. The number of amides is 1. The maximum Gasteiger partial charge on any atom is 0.257 e. The van der Waals surface area contributed by atoms with E-state index in [1.54, 1.807) is 0 Å². The van der Waals surface area contributed by atoms with Gasteiger partial charge in [-0.1, -0.05) is 48.4 Å². The third-order valence-corrected chi connectivity index (χ3v) is 6.38. The number of para-hydroxylation sites is 3. The lowest BCUT2D eigenvalue weighted by Gasteiger charge is -2.12. The van der Waals surface area contributed by atoms with E-state index in [0.717, 1.165) is 65.4 Å². The fourth-order valence-electron chi connectivity index (χ4n) is 4.06. The van der Waals surface area contributed by atoms with Crippen molar-refractivity contribution in [2.75, 3.05) is 19.8 Å². The average Bonchev–Trinajstić information content (AvgIpc) is 3.25. The Morgan fingerprint density at radius 2 is 1.75 bits per heavy atom. The zero-order valence-electron chi connectivity index (χ0n) is 20.6. The minimum Gasteiger partial charge on any atom is -0.492 e. The summed E-state index contributed by atoms with van der Waals surface area (Å²) in [5.74, 6) is 2.48. The number of rotatable bonds is 13. The van der Waals surface area contributed by atoms with Gasteiger partial charge in [0.2, 0.25) is 0 Å². The summed E-state index contributed by atoms with van der Waals surface area (Å²) in [6.45, 7) is 3.91. The fraction of sp³-hybridized carbons (Fsp3) is 0.310. The standard InChI is InChI=1S/C29H32ClN3O3/c1-22-20-24(15-16-25(22)30)35-19-18-33-27-13-8-7-12-26(27)32-28(33)14-6-3-9-17-31-29(34)21-36-23-10-4-2-5-11-23/h2,4-5,7-8,10-13,15-16,20H,3,6,9,14,17-19,21H2,1H3,(H,31,34). The Morgan fingerprint density at radius 3 is 2.58 bits per heavy atom. The smallest absolute Gasteiger partial charge is 0.257 e. The molecule has 6 nitrogen and oxygen atoms in total. The van der Waals surface area contributed by atoms with Gasteiger partial charge < -0.3 is 19.4 Å². The number of unbranched alkanes of at least 4 members (excludes halogenated alkanes) is 2. The van der Waals surface area contributed by atoms with Crippen LogP contribution in [0, 0.1) is 6.92 Å². The van der Waals surface area contributed by atoms with E-state index in [1.807, 2.05) is 73.7 Å².